The molecule has 1 aromatic rings. The maximum Gasteiger partial charge on any atom is 0.0574 e. The average Bonchev–Trinajstić information content (AvgIpc) is 3.01. The van der Waals surface area contributed by atoms with Crippen LogP contribution in [0.4, 0.5) is 5.69 Å². The topological polar surface area (TPSA) is 37.0 Å². The summed E-state index contributed by atoms with van der Waals surface area (Å²) in [5.41, 5.74) is 2.50. The maximum atomic E-state index is 4.14. The molecule has 1 aliphatic carbocycles. The Morgan fingerprint density at radius 3 is 3.07 bits per heavy atom. The van der Waals surface area contributed by atoms with Crippen LogP contribution in [0, 0.1) is 0 Å². The van der Waals surface area contributed by atoms with Crippen LogP contribution in [0.15, 0.2) is 18.5 Å². The molecule has 0 aliphatic heterocycles. The van der Waals surface area contributed by atoms with Crippen molar-refractivity contribution in [1.29, 1.82) is 0 Å². The molecule has 76 valence electrons. The Morgan fingerprint density at radius 2 is 2.36 bits per heavy atom. The molecule has 0 unspecified atom stereocenters. The van der Waals surface area contributed by atoms with Crippen molar-refractivity contribution in [3.8, 4) is 0 Å². The first-order chi connectivity index (χ1) is 6.90. The minimum atomic E-state index is 0.694. The number of aromatic nitrogens is 1. The fraction of sp³-hybridized carbons (Fsp3) is 0.545. The van der Waals surface area contributed by atoms with Crippen LogP contribution in [-0.2, 0) is 6.54 Å². The van der Waals surface area contributed by atoms with Gasteiger partial charge < -0.3 is 10.6 Å². The second-order valence-electron chi connectivity index (χ2n) is 3.73. The summed E-state index contributed by atoms with van der Waals surface area (Å²) >= 11 is 0. The fourth-order valence-corrected chi connectivity index (χ4v) is 1.41. The van der Waals surface area contributed by atoms with Crippen molar-refractivity contribution in [3.05, 3.63) is 24.0 Å². The molecule has 0 amide bonds. The van der Waals surface area contributed by atoms with Gasteiger partial charge in [0.15, 0.2) is 0 Å². The molecule has 0 aromatic carbocycles. The van der Waals surface area contributed by atoms with E-state index in [0.29, 0.717) is 6.04 Å². The minimum absolute atomic E-state index is 0.694. The monoisotopic (exact) mass is 191 g/mol. The highest BCUT2D eigenvalue weighted by Crippen LogP contribution is 2.25. The van der Waals surface area contributed by atoms with Gasteiger partial charge in [-0.1, -0.05) is 6.92 Å². The van der Waals surface area contributed by atoms with Gasteiger partial charge in [-0.25, -0.2) is 0 Å². The third-order valence-corrected chi connectivity index (χ3v) is 2.41. The lowest BCUT2D eigenvalue weighted by molar-refractivity contribution is 0.726. The zero-order chi connectivity index (χ0) is 9.80. The van der Waals surface area contributed by atoms with Crippen molar-refractivity contribution < 1.29 is 0 Å². The van der Waals surface area contributed by atoms with E-state index in [1.807, 2.05) is 12.4 Å². The van der Waals surface area contributed by atoms with Gasteiger partial charge in [0, 0.05) is 18.8 Å². The summed E-state index contributed by atoms with van der Waals surface area (Å²) in [6.07, 6.45) is 6.38. The molecule has 0 bridgehead atoms. The number of pyridine rings is 1. The van der Waals surface area contributed by atoms with Crippen LogP contribution >= 0.6 is 0 Å². The van der Waals surface area contributed by atoms with E-state index >= 15 is 0 Å². The maximum absolute atomic E-state index is 4.14. The Balaban J connectivity index is 2.02. The molecule has 1 aromatic heterocycles. The van der Waals surface area contributed by atoms with E-state index < -0.39 is 0 Å². The predicted octanol–water partition coefficient (Wildman–Crippen LogP) is 1.77. The molecular weight excluding hydrogens is 174 g/mol. The summed E-state index contributed by atoms with van der Waals surface area (Å²) in [6.45, 7) is 4.05. The second-order valence-corrected chi connectivity index (χ2v) is 3.73. The molecule has 3 heteroatoms. The molecule has 1 fully saturated rings. The smallest absolute Gasteiger partial charge is 0.0574 e. The molecule has 1 aliphatic rings. The number of hydrogen-bond acceptors (Lipinski definition) is 3. The van der Waals surface area contributed by atoms with E-state index in [2.05, 4.69) is 28.6 Å². The Hall–Kier alpha value is -1.09. The lowest BCUT2D eigenvalue weighted by atomic mass is 10.2. The summed E-state index contributed by atoms with van der Waals surface area (Å²) in [6, 6.07) is 2.77. The number of rotatable bonds is 5. The van der Waals surface area contributed by atoms with Crippen molar-refractivity contribution in [2.45, 2.75) is 32.4 Å². The molecule has 2 N–H and O–H groups in total. The summed E-state index contributed by atoms with van der Waals surface area (Å²) < 4.78 is 0. The Bertz CT molecular complexity index is 294. The summed E-state index contributed by atoms with van der Waals surface area (Å²) in [5.74, 6) is 0. The van der Waals surface area contributed by atoms with E-state index in [1.165, 1.54) is 24.1 Å². The molecule has 1 heterocycles. The first-order valence-corrected chi connectivity index (χ1v) is 5.30. The highest BCUT2D eigenvalue weighted by Gasteiger charge is 2.21. The van der Waals surface area contributed by atoms with Crippen LogP contribution < -0.4 is 10.6 Å². The predicted molar refractivity (Wildman–Crippen MR) is 58.3 cm³/mol. The van der Waals surface area contributed by atoms with Crippen molar-refractivity contribution in [3.63, 3.8) is 0 Å². The van der Waals surface area contributed by atoms with Crippen molar-refractivity contribution in [1.82, 2.24) is 10.3 Å². The van der Waals surface area contributed by atoms with Gasteiger partial charge in [-0.3, -0.25) is 4.98 Å². The molecule has 1 saturated carbocycles. The summed E-state index contributed by atoms with van der Waals surface area (Å²) in [7, 11) is 0. The van der Waals surface area contributed by atoms with Gasteiger partial charge in [0.25, 0.3) is 0 Å². The third-order valence-electron chi connectivity index (χ3n) is 2.41. The third kappa shape index (κ3) is 2.45. The van der Waals surface area contributed by atoms with E-state index in [4.69, 9.17) is 0 Å². The SMILES string of the molecule is CCNCc1ccncc1NC1CC1. The zero-order valence-corrected chi connectivity index (χ0v) is 8.59. The largest absolute Gasteiger partial charge is 0.381 e. The van der Waals surface area contributed by atoms with Crippen LogP contribution in [0.5, 0.6) is 0 Å². The molecule has 0 radical (unpaired) electrons. The molecule has 0 atom stereocenters. The standard InChI is InChI=1S/C11H17N3/c1-2-12-7-9-5-6-13-8-11(9)14-10-3-4-10/h5-6,8,10,12,14H,2-4,7H2,1H3. The normalized spacial score (nSPS) is 15.5. The number of nitrogens with one attached hydrogen (secondary N) is 2. The van der Waals surface area contributed by atoms with Crippen LogP contribution in [0.1, 0.15) is 25.3 Å². The lowest BCUT2D eigenvalue weighted by Crippen LogP contribution is -2.14. The quantitative estimate of drug-likeness (QED) is 0.744. The number of nitrogens with zero attached hydrogens (tertiary/aromatic N) is 1. The Morgan fingerprint density at radius 1 is 1.50 bits per heavy atom. The van der Waals surface area contributed by atoms with Gasteiger partial charge in [-0.15, -0.1) is 0 Å². The minimum Gasteiger partial charge on any atom is -0.381 e. The van der Waals surface area contributed by atoms with Gasteiger partial charge in [0.05, 0.1) is 11.9 Å². The first-order valence-electron chi connectivity index (χ1n) is 5.30. The number of hydrogen-bond donors (Lipinski definition) is 2. The van der Waals surface area contributed by atoms with Crippen molar-refractivity contribution in [2.75, 3.05) is 11.9 Å². The molecule has 14 heavy (non-hydrogen) atoms. The lowest BCUT2D eigenvalue weighted by Gasteiger charge is -2.10. The van der Waals surface area contributed by atoms with Gasteiger partial charge >= 0.3 is 0 Å². The molecular formula is C11H17N3. The van der Waals surface area contributed by atoms with Crippen LogP contribution in [0.2, 0.25) is 0 Å². The highest BCUT2D eigenvalue weighted by atomic mass is 15.0. The van der Waals surface area contributed by atoms with Gasteiger partial charge in [-0.05, 0) is 31.0 Å². The van der Waals surface area contributed by atoms with E-state index in [9.17, 15) is 0 Å². The second kappa shape index (κ2) is 4.42. The van der Waals surface area contributed by atoms with Crippen LogP contribution in [-0.4, -0.2) is 17.6 Å². The van der Waals surface area contributed by atoms with Crippen molar-refractivity contribution in [2.24, 2.45) is 0 Å². The van der Waals surface area contributed by atoms with E-state index in [1.54, 1.807) is 0 Å². The summed E-state index contributed by atoms with van der Waals surface area (Å²) in [5, 5.41) is 6.82. The van der Waals surface area contributed by atoms with E-state index in [0.717, 1.165) is 13.1 Å². The van der Waals surface area contributed by atoms with Crippen LogP contribution in [0.3, 0.4) is 0 Å². The zero-order valence-electron chi connectivity index (χ0n) is 8.59. The molecule has 0 spiro atoms. The highest BCUT2D eigenvalue weighted by molar-refractivity contribution is 5.50. The van der Waals surface area contributed by atoms with Crippen LogP contribution in [0.25, 0.3) is 0 Å². The molecule has 2 rings (SSSR count). The fourth-order valence-electron chi connectivity index (χ4n) is 1.41. The van der Waals surface area contributed by atoms with Crippen molar-refractivity contribution >= 4 is 5.69 Å². The van der Waals surface area contributed by atoms with Gasteiger partial charge in [-0.2, -0.15) is 0 Å². The van der Waals surface area contributed by atoms with Gasteiger partial charge in [0.1, 0.15) is 0 Å². The van der Waals surface area contributed by atoms with Gasteiger partial charge in [0.2, 0.25) is 0 Å². The van der Waals surface area contributed by atoms with E-state index in [-0.39, 0.29) is 0 Å². The average molecular weight is 191 g/mol. The first kappa shape index (κ1) is 9.46. The molecule has 3 nitrogen and oxygen atoms in total. The Labute approximate surface area is 84.9 Å². The summed E-state index contributed by atoms with van der Waals surface area (Å²) in [4.78, 5) is 4.14. The Kier molecular flexibility index (Phi) is 2.99. The number of anilines is 1. The molecule has 0 saturated heterocycles.